The molecule has 0 radical (unpaired) electrons. The molecule has 2 amide bonds. The average molecular weight is 492 g/mol. The molecule has 0 bridgehead atoms. The van der Waals surface area contributed by atoms with E-state index in [4.69, 9.17) is 10.5 Å². The van der Waals surface area contributed by atoms with Crippen LogP contribution in [-0.2, 0) is 14.3 Å². The molecule has 1 aromatic carbocycles. The van der Waals surface area contributed by atoms with Crippen LogP contribution in [0.15, 0.2) is 18.2 Å². The summed E-state index contributed by atoms with van der Waals surface area (Å²) >= 11 is 0. The van der Waals surface area contributed by atoms with Crippen molar-refractivity contribution in [3.05, 3.63) is 23.8 Å². The number of carbonyl (C=O) groups excluding carboxylic acids is 2. The highest BCUT2D eigenvalue weighted by atomic mass is 19.4. The molecule has 7 nitrogen and oxygen atoms in total. The van der Waals surface area contributed by atoms with Crippen molar-refractivity contribution in [2.75, 3.05) is 49.6 Å². The number of carbonyl (C=O) groups is 2. The number of nitrogens with zero attached hydrogens (tertiary/aromatic N) is 2. The third-order valence-electron chi connectivity index (χ3n) is 4.54. The maximum absolute atomic E-state index is 13.6. The molecule has 3 N–H and O–H groups in total. The first-order valence-electron chi connectivity index (χ1n) is 9.40. The van der Waals surface area contributed by atoms with Gasteiger partial charge in [0.05, 0.1) is 25.4 Å². The van der Waals surface area contributed by atoms with Crippen molar-refractivity contribution < 1.29 is 49.4 Å². The van der Waals surface area contributed by atoms with Crippen molar-refractivity contribution in [3.63, 3.8) is 0 Å². The minimum atomic E-state index is -5.06. The summed E-state index contributed by atoms with van der Waals surface area (Å²) in [6, 6.07) is 0.907. The summed E-state index contributed by atoms with van der Waals surface area (Å²) < 4.78 is 109. The quantitative estimate of drug-likeness (QED) is 0.545. The highest BCUT2D eigenvalue weighted by Gasteiger charge is 2.42. The fourth-order valence-electron chi connectivity index (χ4n) is 3.21. The summed E-state index contributed by atoms with van der Waals surface area (Å²) in [4.78, 5) is 25.2. The van der Waals surface area contributed by atoms with Crippen LogP contribution in [0.2, 0.25) is 0 Å². The standard InChI is InChI=1S/C18H20F8N4O3/c19-15(20)11-5-10(1-2-12(11)30-3-4-33-7-14(30)31)28-16(32)13(6-27)29(8-17(21,22)23)9-18(24,25)26/h1-2,5,13,15H,3-4,6-9,27H2,(H,28,32)/t13-/m0/s1. The van der Waals surface area contributed by atoms with Gasteiger partial charge in [-0.3, -0.25) is 14.5 Å². The molecule has 1 saturated heterocycles. The van der Waals surface area contributed by atoms with E-state index in [1.54, 1.807) is 0 Å². The third kappa shape index (κ3) is 7.78. The summed E-state index contributed by atoms with van der Waals surface area (Å²) in [6.45, 7) is -5.28. The second kappa shape index (κ2) is 10.6. The van der Waals surface area contributed by atoms with Crippen LogP contribution in [0.1, 0.15) is 12.0 Å². The fourth-order valence-corrected chi connectivity index (χ4v) is 3.21. The molecule has 33 heavy (non-hydrogen) atoms. The van der Waals surface area contributed by atoms with Crippen LogP contribution >= 0.6 is 0 Å². The number of morpholine rings is 1. The van der Waals surface area contributed by atoms with E-state index in [1.807, 2.05) is 5.32 Å². The lowest BCUT2D eigenvalue weighted by Crippen LogP contribution is -2.54. The van der Waals surface area contributed by atoms with Gasteiger partial charge in [0.2, 0.25) is 5.91 Å². The minimum Gasteiger partial charge on any atom is -0.370 e. The van der Waals surface area contributed by atoms with E-state index in [9.17, 15) is 44.7 Å². The highest BCUT2D eigenvalue weighted by Crippen LogP contribution is 2.33. The summed E-state index contributed by atoms with van der Waals surface area (Å²) in [6.07, 6.45) is -13.2. The maximum atomic E-state index is 13.6. The number of nitrogens with one attached hydrogen (secondary N) is 1. The molecule has 0 saturated carbocycles. The van der Waals surface area contributed by atoms with Crippen molar-refractivity contribution in [2.45, 2.75) is 24.8 Å². The molecule has 0 spiro atoms. The molecule has 0 aliphatic carbocycles. The number of benzene rings is 1. The Labute approximate surface area is 182 Å². The van der Waals surface area contributed by atoms with Crippen molar-refractivity contribution in [2.24, 2.45) is 5.73 Å². The minimum absolute atomic E-state index is 0.0106. The molecule has 1 heterocycles. The summed E-state index contributed by atoms with van der Waals surface area (Å²) in [5.74, 6) is -1.93. The van der Waals surface area contributed by atoms with Crippen LogP contribution in [0.4, 0.5) is 46.5 Å². The van der Waals surface area contributed by atoms with Gasteiger partial charge in [-0.25, -0.2) is 8.78 Å². The smallest absolute Gasteiger partial charge is 0.370 e. The first-order valence-corrected chi connectivity index (χ1v) is 9.40. The lowest BCUT2D eigenvalue weighted by molar-refractivity contribution is -0.186. The van der Waals surface area contributed by atoms with Crippen LogP contribution in [0.25, 0.3) is 0 Å². The van der Waals surface area contributed by atoms with Crippen molar-refractivity contribution in [1.82, 2.24) is 4.90 Å². The second-order valence-corrected chi connectivity index (χ2v) is 7.05. The summed E-state index contributed by atoms with van der Waals surface area (Å²) in [5, 5.41) is 2.02. The van der Waals surface area contributed by atoms with E-state index in [2.05, 4.69) is 0 Å². The van der Waals surface area contributed by atoms with E-state index >= 15 is 0 Å². The van der Waals surface area contributed by atoms with Gasteiger partial charge in [0.25, 0.3) is 12.3 Å². The van der Waals surface area contributed by atoms with Gasteiger partial charge < -0.3 is 20.7 Å². The number of halogens is 8. The zero-order chi connectivity index (χ0) is 25.0. The van der Waals surface area contributed by atoms with Crippen molar-refractivity contribution in [1.29, 1.82) is 0 Å². The van der Waals surface area contributed by atoms with E-state index in [0.717, 1.165) is 23.1 Å². The van der Waals surface area contributed by atoms with E-state index < -0.39 is 61.8 Å². The lowest BCUT2D eigenvalue weighted by atomic mass is 10.1. The van der Waals surface area contributed by atoms with Gasteiger partial charge >= 0.3 is 12.4 Å². The summed E-state index contributed by atoms with van der Waals surface area (Å²) in [7, 11) is 0. The number of amides is 2. The van der Waals surface area contributed by atoms with Crippen LogP contribution in [0.3, 0.4) is 0 Å². The first-order chi connectivity index (χ1) is 15.2. The largest absolute Gasteiger partial charge is 0.401 e. The molecule has 15 heteroatoms. The van der Waals surface area contributed by atoms with Gasteiger partial charge in [-0.05, 0) is 18.2 Å². The normalized spacial score (nSPS) is 16.5. The van der Waals surface area contributed by atoms with Gasteiger partial charge in [0.15, 0.2) is 0 Å². The molecule has 1 aliphatic heterocycles. The van der Waals surface area contributed by atoms with Gasteiger partial charge in [0, 0.05) is 24.3 Å². The molecular formula is C18H20F8N4O3. The number of anilines is 2. The molecule has 1 aromatic rings. The summed E-state index contributed by atoms with van der Waals surface area (Å²) in [5.41, 5.74) is 4.11. The predicted octanol–water partition coefficient (Wildman–Crippen LogP) is 2.68. The Morgan fingerprint density at radius 1 is 1.15 bits per heavy atom. The molecule has 186 valence electrons. The average Bonchev–Trinajstić information content (AvgIpc) is 2.66. The van der Waals surface area contributed by atoms with E-state index in [-0.39, 0.29) is 36.0 Å². The van der Waals surface area contributed by atoms with Crippen LogP contribution in [0, 0.1) is 0 Å². The van der Waals surface area contributed by atoms with Crippen molar-refractivity contribution >= 4 is 23.2 Å². The maximum Gasteiger partial charge on any atom is 0.401 e. The monoisotopic (exact) mass is 492 g/mol. The van der Waals surface area contributed by atoms with Crippen LogP contribution < -0.4 is 16.0 Å². The molecular weight excluding hydrogens is 472 g/mol. The van der Waals surface area contributed by atoms with Crippen LogP contribution in [0.5, 0.6) is 0 Å². The van der Waals surface area contributed by atoms with E-state index in [0.29, 0.717) is 0 Å². The molecule has 2 rings (SSSR count). The third-order valence-corrected chi connectivity index (χ3v) is 4.54. The second-order valence-electron chi connectivity index (χ2n) is 7.05. The first kappa shape index (κ1) is 26.7. The Bertz CT molecular complexity index is 831. The zero-order valence-electron chi connectivity index (χ0n) is 16.8. The van der Waals surface area contributed by atoms with E-state index in [1.165, 1.54) is 0 Å². The number of hydrogen-bond acceptors (Lipinski definition) is 5. The lowest BCUT2D eigenvalue weighted by Gasteiger charge is -2.31. The fraction of sp³-hybridized carbons (Fsp3) is 0.556. The number of hydrogen-bond donors (Lipinski definition) is 2. The molecule has 0 unspecified atom stereocenters. The Hall–Kier alpha value is -2.52. The molecule has 1 aliphatic rings. The highest BCUT2D eigenvalue weighted by molar-refractivity contribution is 5.97. The number of nitrogens with two attached hydrogens (primary N) is 1. The van der Waals surface area contributed by atoms with Gasteiger partial charge in [-0.2, -0.15) is 26.3 Å². The molecule has 1 fully saturated rings. The molecule has 1 atom stereocenters. The van der Waals surface area contributed by atoms with Gasteiger partial charge in [-0.1, -0.05) is 0 Å². The zero-order valence-corrected chi connectivity index (χ0v) is 16.8. The topological polar surface area (TPSA) is 87.9 Å². The predicted molar refractivity (Wildman–Crippen MR) is 99.7 cm³/mol. The Morgan fingerprint density at radius 3 is 2.24 bits per heavy atom. The molecule has 0 aromatic heterocycles. The number of alkyl halides is 8. The number of rotatable bonds is 8. The SMILES string of the molecule is NC[C@@H](C(=O)Nc1ccc(N2CCOCC2=O)c(C(F)F)c1)N(CC(F)(F)F)CC(F)(F)F. The Balaban J connectivity index is 2.28. The van der Waals surface area contributed by atoms with Crippen LogP contribution in [-0.4, -0.2) is 74.5 Å². The number of ether oxygens (including phenoxy) is 1. The Morgan fingerprint density at radius 2 is 1.76 bits per heavy atom. The van der Waals surface area contributed by atoms with Gasteiger partial charge in [0.1, 0.15) is 12.6 Å². The van der Waals surface area contributed by atoms with Crippen molar-refractivity contribution in [3.8, 4) is 0 Å². The Kier molecular flexibility index (Phi) is 8.59. The van der Waals surface area contributed by atoms with Gasteiger partial charge in [-0.15, -0.1) is 0 Å².